The smallest absolute Gasteiger partial charge is 0.326 e. The topological polar surface area (TPSA) is 78.4 Å². The Labute approximate surface area is 124 Å². The summed E-state index contributed by atoms with van der Waals surface area (Å²) >= 11 is 4.86. The van der Waals surface area contributed by atoms with Crippen LogP contribution in [0.5, 0.6) is 0 Å². The summed E-state index contributed by atoms with van der Waals surface area (Å²) in [5.41, 5.74) is -0.546. The van der Waals surface area contributed by atoms with Crippen molar-refractivity contribution in [3.05, 3.63) is 20.8 Å². The van der Waals surface area contributed by atoms with Gasteiger partial charge in [-0.25, -0.2) is 9.59 Å². The molecule has 0 fully saturated rings. The molecule has 0 radical (unpaired) electrons. The molecule has 0 aliphatic carbocycles. The van der Waals surface area contributed by atoms with Crippen LogP contribution in [0.15, 0.2) is 15.9 Å². The Morgan fingerprint density at radius 3 is 2.47 bits per heavy atom. The van der Waals surface area contributed by atoms with E-state index < -0.39 is 23.5 Å². The normalized spacial score (nSPS) is 12.8. The zero-order valence-electron chi connectivity index (χ0n) is 11.0. The molecule has 0 spiro atoms. The average molecular weight is 349 g/mol. The molecule has 1 atom stereocenters. The Kier molecular flexibility index (Phi) is 5.37. The van der Waals surface area contributed by atoms with Gasteiger partial charge in [0.25, 0.3) is 0 Å². The van der Waals surface area contributed by atoms with Crippen LogP contribution in [0.1, 0.15) is 25.6 Å². The van der Waals surface area contributed by atoms with Crippen LogP contribution in [0.3, 0.4) is 0 Å². The molecule has 1 heterocycles. The molecule has 106 valence electrons. The molecule has 0 saturated carbocycles. The van der Waals surface area contributed by atoms with Crippen molar-refractivity contribution < 1.29 is 14.7 Å². The minimum absolute atomic E-state index is 0.374. The van der Waals surface area contributed by atoms with E-state index in [0.717, 1.165) is 8.66 Å². The van der Waals surface area contributed by atoms with Crippen molar-refractivity contribution in [1.29, 1.82) is 0 Å². The van der Waals surface area contributed by atoms with Crippen molar-refractivity contribution in [2.75, 3.05) is 0 Å². The molecule has 0 unspecified atom stereocenters. The maximum atomic E-state index is 11.7. The number of halogens is 1. The molecule has 7 heteroatoms. The van der Waals surface area contributed by atoms with Crippen LogP contribution < -0.4 is 10.6 Å². The van der Waals surface area contributed by atoms with Crippen LogP contribution in [0.25, 0.3) is 0 Å². The molecule has 0 saturated heterocycles. The van der Waals surface area contributed by atoms with E-state index >= 15 is 0 Å². The third kappa shape index (κ3) is 5.20. The summed E-state index contributed by atoms with van der Waals surface area (Å²) in [6.07, 6.45) is 0. The number of carboxylic acid groups (broad SMARTS) is 1. The third-order valence-corrected chi connectivity index (χ3v) is 4.06. The van der Waals surface area contributed by atoms with Gasteiger partial charge in [0.15, 0.2) is 0 Å². The van der Waals surface area contributed by atoms with E-state index in [2.05, 4.69) is 26.6 Å². The number of nitrogens with one attached hydrogen (secondary N) is 2. The molecular weight excluding hydrogens is 332 g/mol. The highest BCUT2D eigenvalue weighted by Gasteiger charge is 2.32. The summed E-state index contributed by atoms with van der Waals surface area (Å²) in [5, 5.41) is 14.2. The summed E-state index contributed by atoms with van der Waals surface area (Å²) in [6.45, 7) is 5.67. The molecular formula is C12H17BrN2O3S. The number of aliphatic carboxylic acids is 1. The molecule has 1 rings (SSSR count). The van der Waals surface area contributed by atoms with Gasteiger partial charge in [-0.15, -0.1) is 11.3 Å². The van der Waals surface area contributed by atoms with Gasteiger partial charge in [0.1, 0.15) is 6.04 Å². The van der Waals surface area contributed by atoms with Crippen LogP contribution in [-0.4, -0.2) is 23.1 Å². The second kappa shape index (κ2) is 6.38. The van der Waals surface area contributed by atoms with Crippen LogP contribution in [0.2, 0.25) is 0 Å². The Morgan fingerprint density at radius 1 is 1.42 bits per heavy atom. The van der Waals surface area contributed by atoms with Crippen LogP contribution in [0, 0.1) is 5.41 Å². The fraction of sp³-hybridized carbons (Fsp3) is 0.500. The van der Waals surface area contributed by atoms with E-state index in [1.165, 1.54) is 11.3 Å². The molecule has 2 amide bonds. The molecule has 19 heavy (non-hydrogen) atoms. The molecule has 0 bridgehead atoms. The van der Waals surface area contributed by atoms with Crippen LogP contribution >= 0.6 is 27.3 Å². The first kappa shape index (κ1) is 16.0. The molecule has 5 nitrogen and oxygen atoms in total. The lowest BCUT2D eigenvalue weighted by atomic mass is 9.87. The first-order valence-electron chi connectivity index (χ1n) is 5.71. The molecule has 0 aromatic carbocycles. The quantitative estimate of drug-likeness (QED) is 0.782. The van der Waals surface area contributed by atoms with Crippen molar-refractivity contribution in [3.8, 4) is 0 Å². The number of carbonyl (C=O) groups excluding carboxylic acids is 1. The van der Waals surface area contributed by atoms with E-state index in [9.17, 15) is 9.59 Å². The fourth-order valence-electron chi connectivity index (χ4n) is 1.44. The predicted molar refractivity (Wildman–Crippen MR) is 78.3 cm³/mol. The highest BCUT2D eigenvalue weighted by atomic mass is 79.9. The van der Waals surface area contributed by atoms with Gasteiger partial charge >= 0.3 is 12.0 Å². The maximum Gasteiger partial charge on any atom is 0.326 e. The summed E-state index contributed by atoms with van der Waals surface area (Å²) in [4.78, 5) is 23.8. The second-order valence-corrected chi connectivity index (χ2v) is 7.72. The number of hydrogen-bond donors (Lipinski definition) is 3. The number of carbonyl (C=O) groups is 2. The number of urea groups is 1. The summed E-state index contributed by atoms with van der Waals surface area (Å²) in [7, 11) is 0. The van der Waals surface area contributed by atoms with E-state index in [-0.39, 0.29) is 0 Å². The minimum atomic E-state index is -1.04. The first-order valence-corrected chi connectivity index (χ1v) is 7.32. The number of carboxylic acids is 1. The molecule has 1 aromatic rings. The average Bonchev–Trinajstić information content (AvgIpc) is 2.67. The molecule has 3 N–H and O–H groups in total. The second-order valence-electron chi connectivity index (χ2n) is 5.17. The van der Waals surface area contributed by atoms with Crippen molar-refractivity contribution in [2.24, 2.45) is 5.41 Å². The largest absolute Gasteiger partial charge is 0.480 e. The van der Waals surface area contributed by atoms with Gasteiger partial charge < -0.3 is 15.7 Å². The Balaban J connectivity index is 2.52. The van der Waals surface area contributed by atoms with Gasteiger partial charge in [0.05, 0.1) is 10.3 Å². The van der Waals surface area contributed by atoms with Gasteiger partial charge in [-0.3, -0.25) is 0 Å². The van der Waals surface area contributed by atoms with Crippen LogP contribution in [-0.2, 0) is 11.3 Å². The molecule has 0 aliphatic rings. The zero-order valence-corrected chi connectivity index (χ0v) is 13.4. The maximum absolute atomic E-state index is 11.7. The van der Waals surface area contributed by atoms with Gasteiger partial charge in [0.2, 0.25) is 0 Å². The monoisotopic (exact) mass is 348 g/mol. The van der Waals surface area contributed by atoms with Crippen molar-refractivity contribution in [3.63, 3.8) is 0 Å². The van der Waals surface area contributed by atoms with Crippen LogP contribution in [0.4, 0.5) is 4.79 Å². The first-order chi connectivity index (χ1) is 8.70. The molecule has 0 aliphatic heterocycles. The Hall–Kier alpha value is -1.08. The van der Waals surface area contributed by atoms with E-state index in [0.29, 0.717) is 6.54 Å². The van der Waals surface area contributed by atoms with Crippen molar-refractivity contribution in [1.82, 2.24) is 10.6 Å². The zero-order chi connectivity index (χ0) is 14.6. The van der Waals surface area contributed by atoms with Gasteiger partial charge in [-0.1, -0.05) is 20.8 Å². The Morgan fingerprint density at radius 2 is 2.05 bits per heavy atom. The lowest BCUT2D eigenvalue weighted by Crippen LogP contribution is -2.52. The predicted octanol–water partition coefficient (Wildman–Crippen LogP) is 2.81. The SMILES string of the molecule is CC(C)(C)[C@@H](NC(=O)NCc1ccc(Br)s1)C(=O)O. The number of thiophene rings is 1. The van der Waals surface area contributed by atoms with E-state index in [1.807, 2.05) is 12.1 Å². The summed E-state index contributed by atoms with van der Waals surface area (Å²) in [6, 6.07) is 2.39. The fourth-order valence-corrected chi connectivity index (χ4v) is 2.87. The van der Waals surface area contributed by atoms with Gasteiger partial charge in [-0.2, -0.15) is 0 Å². The lowest BCUT2D eigenvalue weighted by Gasteiger charge is -2.27. The lowest BCUT2D eigenvalue weighted by molar-refractivity contribution is -0.141. The van der Waals surface area contributed by atoms with Crippen molar-refractivity contribution >= 4 is 39.3 Å². The summed E-state index contributed by atoms with van der Waals surface area (Å²) in [5.74, 6) is -1.04. The van der Waals surface area contributed by atoms with E-state index in [4.69, 9.17) is 5.11 Å². The number of rotatable bonds is 4. The van der Waals surface area contributed by atoms with E-state index in [1.54, 1.807) is 20.8 Å². The highest BCUT2D eigenvalue weighted by molar-refractivity contribution is 9.11. The number of hydrogen-bond acceptors (Lipinski definition) is 3. The van der Waals surface area contributed by atoms with Gasteiger partial charge in [0, 0.05) is 4.88 Å². The van der Waals surface area contributed by atoms with Gasteiger partial charge in [-0.05, 0) is 33.5 Å². The number of amides is 2. The third-order valence-electron chi connectivity index (χ3n) is 2.44. The Bertz CT molecular complexity index is 468. The standard InChI is InChI=1S/C12H17BrN2O3S/c1-12(2,3)9(10(16)17)15-11(18)14-6-7-4-5-8(13)19-7/h4-5,9H,6H2,1-3H3,(H,16,17)(H2,14,15,18)/t9-/m0/s1. The molecule has 1 aromatic heterocycles. The summed E-state index contributed by atoms with van der Waals surface area (Å²) < 4.78 is 0.989. The minimum Gasteiger partial charge on any atom is -0.480 e. The van der Waals surface area contributed by atoms with Crippen molar-refractivity contribution in [2.45, 2.75) is 33.4 Å². The highest BCUT2D eigenvalue weighted by Crippen LogP contribution is 2.22.